The van der Waals surface area contributed by atoms with Crippen LogP contribution in [0.3, 0.4) is 0 Å². The van der Waals surface area contributed by atoms with Crippen LogP contribution in [0, 0.1) is 0 Å². The van der Waals surface area contributed by atoms with Gasteiger partial charge in [-0.25, -0.2) is 0 Å². The summed E-state index contributed by atoms with van der Waals surface area (Å²) in [6.45, 7) is 2.55. The van der Waals surface area contributed by atoms with Crippen molar-refractivity contribution >= 4 is 27.3 Å². The Bertz CT molecular complexity index is 747. The number of ether oxygens (including phenoxy) is 1. The third kappa shape index (κ3) is 2.42. The molecule has 2 aromatic heterocycles. The maximum atomic E-state index is 12.4. The molecule has 3 nitrogen and oxygen atoms in total. The number of fused-ring (bicyclic) bond motifs is 1. The fourth-order valence-electron chi connectivity index (χ4n) is 2.01. The van der Waals surface area contributed by atoms with E-state index >= 15 is 0 Å². The van der Waals surface area contributed by atoms with Crippen LogP contribution in [0.2, 0.25) is 0 Å². The monoisotopic (exact) mass is 283 g/mol. The highest BCUT2D eigenvalue weighted by molar-refractivity contribution is 7.17. The Morgan fingerprint density at radius 2 is 2.00 bits per heavy atom. The van der Waals surface area contributed by atoms with E-state index in [1.54, 1.807) is 29.7 Å². The van der Waals surface area contributed by atoms with Gasteiger partial charge in [0.25, 0.3) is 0 Å². The molecule has 0 radical (unpaired) electrons. The molecule has 0 aliphatic rings. The predicted molar refractivity (Wildman–Crippen MR) is 80.7 cm³/mol. The summed E-state index contributed by atoms with van der Waals surface area (Å²) in [6, 6.07) is 11.0. The first-order valence-electron chi connectivity index (χ1n) is 6.39. The molecule has 3 rings (SSSR count). The van der Waals surface area contributed by atoms with Crippen LogP contribution in [0.4, 0.5) is 0 Å². The van der Waals surface area contributed by atoms with Gasteiger partial charge in [-0.1, -0.05) is 0 Å². The first kappa shape index (κ1) is 12.8. The van der Waals surface area contributed by atoms with Crippen LogP contribution in [0.1, 0.15) is 22.8 Å². The lowest BCUT2D eigenvalue weighted by molar-refractivity contribution is 0.103. The van der Waals surface area contributed by atoms with Crippen molar-refractivity contribution in [3.8, 4) is 5.75 Å². The lowest BCUT2D eigenvalue weighted by Gasteiger charge is -2.04. The Kier molecular flexibility index (Phi) is 3.48. The van der Waals surface area contributed by atoms with E-state index in [2.05, 4.69) is 4.98 Å². The molecule has 0 aliphatic carbocycles. The fourth-order valence-corrected chi connectivity index (χ4v) is 2.79. The summed E-state index contributed by atoms with van der Waals surface area (Å²) in [5.41, 5.74) is 2.19. The standard InChI is InChI=1S/C16H13NO2S/c1-2-19-13-5-3-11(4-6-13)16(18)12-9-15-14(17-10-12)7-8-20-15/h3-10H,2H2,1H3. The summed E-state index contributed by atoms with van der Waals surface area (Å²) in [4.78, 5) is 16.7. The molecule has 0 atom stereocenters. The van der Waals surface area contributed by atoms with Crippen LogP contribution >= 0.6 is 11.3 Å². The maximum absolute atomic E-state index is 12.4. The van der Waals surface area contributed by atoms with Gasteiger partial charge in [0.2, 0.25) is 0 Å². The molecular weight excluding hydrogens is 270 g/mol. The van der Waals surface area contributed by atoms with Crippen molar-refractivity contribution in [3.05, 3.63) is 59.1 Å². The molecule has 0 unspecified atom stereocenters. The number of benzene rings is 1. The van der Waals surface area contributed by atoms with Gasteiger partial charge in [0.15, 0.2) is 5.78 Å². The molecule has 1 aromatic carbocycles. The van der Waals surface area contributed by atoms with Crippen LogP contribution < -0.4 is 4.74 Å². The number of rotatable bonds is 4. The normalized spacial score (nSPS) is 10.7. The van der Waals surface area contributed by atoms with Crippen molar-refractivity contribution in [3.63, 3.8) is 0 Å². The molecule has 3 aromatic rings. The highest BCUT2D eigenvalue weighted by Crippen LogP contribution is 2.21. The van der Waals surface area contributed by atoms with Gasteiger partial charge in [-0.2, -0.15) is 0 Å². The number of hydrogen-bond acceptors (Lipinski definition) is 4. The number of carbonyl (C=O) groups excluding carboxylic acids is 1. The molecule has 0 saturated carbocycles. The van der Waals surface area contributed by atoms with Gasteiger partial charge >= 0.3 is 0 Å². The number of ketones is 1. The summed E-state index contributed by atoms with van der Waals surface area (Å²) >= 11 is 1.59. The Labute approximate surface area is 120 Å². The van der Waals surface area contributed by atoms with E-state index in [1.807, 2.05) is 36.6 Å². The van der Waals surface area contributed by atoms with Crippen molar-refractivity contribution in [2.75, 3.05) is 6.61 Å². The topological polar surface area (TPSA) is 39.2 Å². The SMILES string of the molecule is CCOc1ccc(C(=O)c2cnc3ccsc3c2)cc1. The van der Waals surface area contributed by atoms with Gasteiger partial charge in [0.1, 0.15) is 5.75 Å². The predicted octanol–water partition coefficient (Wildman–Crippen LogP) is 3.93. The number of thiophene rings is 1. The number of aromatic nitrogens is 1. The number of pyridine rings is 1. The third-order valence-corrected chi connectivity index (χ3v) is 3.85. The van der Waals surface area contributed by atoms with E-state index in [4.69, 9.17) is 4.74 Å². The maximum Gasteiger partial charge on any atom is 0.194 e. The number of carbonyl (C=O) groups is 1. The van der Waals surface area contributed by atoms with Gasteiger partial charge in [0, 0.05) is 17.3 Å². The molecule has 0 saturated heterocycles. The van der Waals surface area contributed by atoms with Crippen LogP contribution in [-0.2, 0) is 0 Å². The van der Waals surface area contributed by atoms with Crippen molar-refractivity contribution in [1.82, 2.24) is 4.98 Å². The average Bonchev–Trinajstić information content (AvgIpc) is 2.95. The van der Waals surface area contributed by atoms with Gasteiger partial charge in [-0.05, 0) is 48.7 Å². The third-order valence-electron chi connectivity index (χ3n) is 2.99. The molecule has 0 aliphatic heterocycles. The minimum atomic E-state index is -0.0177. The second-order valence-electron chi connectivity index (χ2n) is 4.31. The lowest BCUT2D eigenvalue weighted by atomic mass is 10.0. The smallest absolute Gasteiger partial charge is 0.194 e. The highest BCUT2D eigenvalue weighted by Gasteiger charge is 2.11. The fraction of sp³-hybridized carbons (Fsp3) is 0.125. The largest absolute Gasteiger partial charge is 0.494 e. The minimum absolute atomic E-state index is 0.0177. The van der Waals surface area contributed by atoms with E-state index in [1.165, 1.54) is 0 Å². The van der Waals surface area contributed by atoms with Gasteiger partial charge in [0.05, 0.1) is 16.8 Å². The second kappa shape index (κ2) is 5.43. The van der Waals surface area contributed by atoms with Crippen molar-refractivity contribution in [1.29, 1.82) is 0 Å². The Hall–Kier alpha value is -2.20. The zero-order chi connectivity index (χ0) is 13.9. The summed E-state index contributed by atoms with van der Waals surface area (Å²) in [5.74, 6) is 0.756. The van der Waals surface area contributed by atoms with Crippen LogP contribution in [-0.4, -0.2) is 17.4 Å². The highest BCUT2D eigenvalue weighted by atomic mass is 32.1. The Morgan fingerprint density at radius 1 is 1.20 bits per heavy atom. The zero-order valence-electron chi connectivity index (χ0n) is 11.0. The van der Waals surface area contributed by atoms with Crippen molar-refractivity contribution < 1.29 is 9.53 Å². The van der Waals surface area contributed by atoms with Crippen molar-refractivity contribution in [2.24, 2.45) is 0 Å². The van der Waals surface area contributed by atoms with E-state index in [0.717, 1.165) is 16.0 Å². The second-order valence-corrected chi connectivity index (χ2v) is 5.26. The van der Waals surface area contributed by atoms with Crippen molar-refractivity contribution in [2.45, 2.75) is 6.92 Å². The molecule has 0 bridgehead atoms. The molecule has 4 heteroatoms. The van der Waals surface area contributed by atoms with Gasteiger partial charge in [-0.3, -0.25) is 9.78 Å². The van der Waals surface area contributed by atoms with E-state index < -0.39 is 0 Å². The van der Waals surface area contributed by atoms with Gasteiger partial charge in [-0.15, -0.1) is 11.3 Å². The van der Waals surface area contributed by atoms with Gasteiger partial charge < -0.3 is 4.74 Å². The minimum Gasteiger partial charge on any atom is -0.494 e. The van der Waals surface area contributed by atoms with E-state index in [0.29, 0.717) is 17.7 Å². The summed E-state index contributed by atoms with van der Waals surface area (Å²) in [5, 5.41) is 1.98. The number of hydrogen-bond donors (Lipinski definition) is 0. The van der Waals surface area contributed by atoms with E-state index in [9.17, 15) is 4.79 Å². The summed E-state index contributed by atoms with van der Waals surface area (Å²) in [6.07, 6.45) is 1.63. The average molecular weight is 283 g/mol. The van der Waals surface area contributed by atoms with E-state index in [-0.39, 0.29) is 5.78 Å². The number of nitrogens with zero attached hydrogens (tertiary/aromatic N) is 1. The van der Waals surface area contributed by atoms with Crippen LogP contribution in [0.5, 0.6) is 5.75 Å². The molecule has 0 spiro atoms. The molecule has 0 amide bonds. The molecule has 2 heterocycles. The Balaban J connectivity index is 1.90. The molecule has 20 heavy (non-hydrogen) atoms. The summed E-state index contributed by atoms with van der Waals surface area (Å²) < 4.78 is 6.40. The molecule has 0 fully saturated rings. The van der Waals surface area contributed by atoms with Crippen LogP contribution in [0.25, 0.3) is 10.2 Å². The Morgan fingerprint density at radius 3 is 2.75 bits per heavy atom. The first-order chi connectivity index (χ1) is 9.78. The molecular formula is C16H13NO2S. The molecule has 100 valence electrons. The summed E-state index contributed by atoms with van der Waals surface area (Å²) in [7, 11) is 0. The quantitative estimate of drug-likeness (QED) is 0.681. The zero-order valence-corrected chi connectivity index (χ0v) is 11.8. The lowest BCUT2D eigenvalue weighted by Crippen LogP contribution is -2.02. The first-order valence-corrected chi connectivity index (χ1v) is 7.26. The molecule has 0 N–H and O–H groups in total. The van der Waals surface area contributed by atoms with Crippen LogP contribution in [0.15, 0.2) is 48.0 Å².